The summed E-state index contributed by atoms with van der Waals surface area (Å²) in [6, 6.07) is 12.5. The number of benzene rings is 2. The monoisotopic (exact) mass is 366 g/mol. The average Bonchev–Trinajstić information content (AvgIpc) is 2.48. The number of hydrogen-bond donors (Lipinski definition) is 1. The maximum Gasteiger partial charge on any atom is 0.345 e. The minimum Gasteiger partial charge on any atom is -0.478 e. The fourth-order valence-electron chi connectivity index (χ4n) is 2.41. The summed E-state index contributed by atoms with van der Waals surface area (Å²) < 4.78 is 5.83. The van der Waals surface area contributed by atoms with Crippen LogP contribution >= 0.6 is 23.2 Å². The highest BCUT2D eigenvalue weighted by Gasteiger charge is 2.25. The second-order valence-corrected chi connectivity index (χ2v) is 7.47. The van der Waals surface area contributed by atoms with Crippen LogP contribution in [-0.2, 0) is 16.6 Å². The van der Waals surface area contributed by atoms with Gasteiger partial charge in [0.05, 0.1) is 0 Å². The van der Waals surface area contributed by atoms with E-state index in [1.54, 1.807) is 24.3 Å². The van der Waals surface area contributed by atoms with Crippen LogP contribution in [0.15, 0.2) is 42.5 Å². The van der Waals surface area contributed by atoms with E-state index in [0.29, 0.717) is 21.4 Å². The van der Waals surface area contributed by atoms with Gasteiger partial charge in [0, 0.05) is 16.5 Å². The highest BCUT2D eigenvalue weighted by atomic mass is 35.5. The van der Waals surface area contributed by atoms with Gasteiger partial charge in [0.25, 0.3) is 0 Å². The zero-order valence-corrected chi connectivity index (χ0v) is 15.4. The van der Waals surface area contributed by atoms with Crippen molar-refractivity contribution in [1.29, 1.82) is 0 Å². The van der Waals surface area contributed by atoms with Gasteiger partial charge in [-0.3, -0.25) is 0 Å². The first-order valence-corrected chi connectivity index (χ1v) is 8.37. The Morgan fingerprint density at radius 3 is 2.42 bits per heavy atom. The van der Waals surface area contributed by atoms with Crippen LogP contribution in [-0.4, -0.2) is 17.2 Å². The number of rotatable bonds is 5. The van der Waals surface area contributed by atoms with Crippen molar-refractivity contribution in [3.05, 3.63) is 63.6 Å². The van der Waals surface area contributed by atoms with Gasteiger partial charge in [0.1, 0.15) is 5.75 Å². The summed E-state index contributed by atoms with van der Waals surface area (Å²) >= 11 is 12.0. The van der Waals surface area contributed by atoms with Crippen molar-refractivity contribution < 1.29 is 14.6 Å². The quantitative estimate of drug-likeness (QED) is 0.773. The van der Waals surface area contributed by atoms with Gasteiger partial charge in [-0.25, -0.2) is 4.79 Å². The molecule has 2 rings (SSSR count). The molecule has 0 bridgehead atoms. The van der Waals surface area contributed by atoms with Crippen LogP contribution in [0.5, 0.6) is 5.75 Å². The van der Waals surface area contributed by atoms with E-state index in [-0.39, 0.29) is 11.8 Å². The van der Waals surface area contributed by atoms with Crippen molar-refractivity contribution in [2.24, 2.45) is 0 Å². The van der Waals surface area contributed by atoms with E-state index < -0.39 is 12.1 Å². The van der Waals surface area contributed by atoms with E-state index in [1.807, 2.05) is 18.2 Å². The zero-order valence-electron chi connectivity index (χ0n) is 13.8. The van der Waals surface area contributed by atoms with Gasteiger partial charge in [-0.1, -0.05) is 68.2 Å². The van der Waals surface area contributed by atoms with Crippen LogP contribution in [0.2, 0.25) is 10.0 Å². The minimum atomic E-state index is -1.04. The third-order valence-electron chi connectivity index (χ3n) is 3.66. The minimum absolute atomic E-state index is 0.155. The molecule has 0 saturated heterocycles. The van der Waals surface area contributed by atoms with Crippen LogP contribution < -0.4 is 4.74 Å². The Hall–Kier alpha value is -1.71. The van der Waals surface area contributed by atoms with Crippen molar-refractivity contribution >= 4 is 29.2 Å². The Bertz CT molecular complexity index is 736. The smallest absolute Gasteiger partial charge is 0.345 e. The summed E-state index contributed by atoms with van der Waals surface area (Å²) in [4.78, 5) is 11.7. The van der Waals surface area contributed by atoms with Crippen molar-refractivity contribution in [3.63, 3.8) is 0 Å². The third kappa shape index (κ3) is 4.65. The number of carbonyl (C=O) groups is 1. The van der Waals surface area contributed by atoms with Crippen molar-refractivity contribution in [3.8, 4) is 5.75 Å². The van der Waals surface area contributed by atoms with E-state index in [4.69, 9.17) is 27.9 Å². The standard InChI is InChI=1S/C19H20Cl2O3/c1-19(2,3)14-6-4-5-7-16(14)24-17(18(22)23)10-12-8-9-13(20)11-15(12)21/h4-9,11,17H,10H2,1-3H3,(H,22,23). The van der Waals surface area contributed by atoms with Crippen molar-refractivity contribution in [2.45, 2.75) is 38.7 Å². The first-order chi connectivity index (χ1) is 11.2. The lowest BCUT2D eigenvalue weighted by Gasteiger charge is -2.25. The molecule has 0 aliphatic carbocycles. The Labute approximate surface area is 152 Å². The summed E-state index contributed by atoms with van der Waals surface area (Å²) in [7, 11) is 0. The molecule has 5 heteroatoms. The zero-order chi connectivity index (χ0) is 17.9. The predicted octanol–water partition coefficient (Wildman–Crippen LogP) is 5.37. The fraction of sp³-hybridized carbons (Fsp3) is 0.316. The molecule has 24 heavy (non-hydrogen) atoms. The Morgan fingerprint density at radius 1 is 1.17 bits per heavy atom. The molecule has 0 aliphatic heterocycles. The lowest BCUT2D eigenvalue weighted by atomic mass is 9.86. The highest BCUT2D eigenvalue weighted by molar-refractivity contribution is 6.35. The SMILES string of the molecule is CC(C)(C)c1ccccc1OC(Cc1ccc(Cl)cc1Cl)C(=O)O. The molecule has 0 spiro atoms. The molecule has 0 amide bonds. The molecular formula is C19H20Cl2O3. The molecule has 128 valence electrons. The number of aliphatic carboxylic acids is 1. The summed E-state index contributed by atoms with van der Waals surface area (Å²) in [6.07, 6.45) is -0.878. The van der Waals surface area contributed by atoms with Gasteiger partial charge in [-0.05, 0) is 34.7 Å². The number of hydrogen-bond acceptors (Lipinski definition) is 2. The van der Waals surface area contributed by atoms with Crippen LogP contribution in [0.4, 0.5) is 0 Å². The number of halogens is 2. The molecule has 0 radical (unpaired) electrons. The molecule has 0 fully saturated rings. The van der Waals surface area contributed by atoms with E-state index in [9.17, 15) is 9.90 Å². The molecule has 1 unspecified atom stereocenters. The average molecular weight is 367 g/mol. The van der Waals surface area contributed by atoms with Gasteiger partial charge in [-0.15, -0.1) is 0 Å². The van der Waals surface area contributed by atoms with Gasteiger partial charge < -0.3 is 9.84 Å². The molecule has 1 atom stereocenters. The maximum atomic E-state index is 11.7. The summed E-state index contributed by atoms with van der Waals surface area (Å²) in [6.45, 7) is 6.17. The summed E-state index contributed by atoms with van der Waals surface area (Å²) in [5, 5.41) is 10.5. The largest absolute Gasteiger partial charge is 0.478 e. The molecule has 0 heterocycles. The topological polar surface area (TPSA) is 46.5 Å². The number of ether oxygens (including phenoxy) is 1. The molecule has 2 aromatic rings. The molecular weight excluding hydrogens is 347 g/mol. The molecule has 3 nitrogen and oxygen atoms in total. The van der Waals surface area contributed by atoms with Crippen molar-refractivity contribution in [1.82, 2.24) is 0 Å². The Kier molecular flexibility index (Phi) is 5.79. The summed E-state index contributed by atoms with van der Waals surface area (Å²) in [5.41, 5.74) is 1.48. The second kappa shape index (κ2) is 7.45. The maximum absolute atomic E-state index is 11.7. The first kappa shape index (κ1) is 18.6. The lowest BCUT2D eigenvalue weighted by Crippen LogP contribution is -2.30. The van der Waals surface area contributed by atoms with E-state index in [1.165, 1.54) is 0 Å². The Morgan fingerprint density at radius 2 is 1.83 bits per heavy atom. The highest BCUT2D eigenvalue weighted by Crippen LogP contribution is 2.32. The van der Waals surface area contributed by atoms with Crippen LogP contribution in [0.25, 0.3) is 0 Å². The molecule has 0 saturated carbocycles. The molecule has 2 aromatic carbocycles. The van der Waals surface area contributed by atoms with Gasteiger partial charge in [0.2, 0.25) is 0 Å². The normalized spacial score (nSPS) is 12.7. The summed E-state index contributed by atoms with van der Waals surface area (Å²) in [5.74, 6) is -0.466. The van der Waals surface area contributed by atoms with E-state index in [0.717, 1.165) is 5.56 Å². The van der Waals surface area contributed by atoms with Gasteiger partial charge in [-0.2, -0.15) is 0 Å². The first-order valence-electron chi connectivity index (χ1n) is 7.61. The number of para-hydroxylation sites is 1. The molecule has 0 aromatic heterocycles. The predicted molar refractivity (Wildman–Crippen MR) is 97.4 cm³/mol. The number of carboxylic acid groups (broad SMARTS) is 1. The Balaban J connectivity index is 2.29. The molecule has 0 aliphatic rings. The molecule has 1 N–H and O–H groups in total. The van der Waals surface area contributed by atoms with Crippen LogP contribution in [0.3, 0.4) is 0 Å². The van der Waals surface area contributed by atoms with E-state index >= 15 is 0 Å². The fourth-order valence-corrected chi connectivity index (χ4v) is 2.89. The van der Waals surface area contributed by atoms with E-state index in [2.05, 4.69) is 20.8 Å². The van der Waals surface area contributed by atoms with Crippen molar-refractivity contribution in [2.75, 3.05) is 0 Å². The second-order valence-electron chi connectivity index (χ2n) is 6.63. The van der Waals surface area contributed by atoms with Gasteiger partial charge >= 0.3 is 5.97 Å². The number of carboxylic acids is 1. The van der Waals surface area contributed by atoms with Gasteiger partial charge in [0.15, 0.2) is 6.10 Å². The lowest BCUT2D eigenvalue weighted by molar-refractivity contribution is -0.145. The third-order valence-corrected chi connectivity index (χ3v) is 4.25. The van der Waals surface area contributed by atoms with Crippen LogP contribution in [0.1, 0.15) is 31.9 Å². The van der Waals surface area contributed by atoms with Crippen LogP contribution in [0, 0.1) is 0 Å².